The molecule has 0 N–H and O–H groups in total. The van der Waals surface area contributed by atoms with Crippen LogP contribution in [0.5, 0.6) is 11.5 Å². The first-order valence-corrected chi connectivity index (χ1v) is 6.87. The molecule has 21 heavy (non-hydrogen) atoms. The molecule has 110 valence electrons. The Bertz CT molecular complexity index is 631. The minimum Gasteiger partial charge on any atom is -0.497 e. The largest absolute Gasteiger partial charge is 0.497 e. The van der Waals surface area contributed by atoms with Crippen LogP contribution in [0.1, 0.15) is 31.2 Å². The molecule has 1 aromatic carbocycles. The number of ether oxygens (including phenoxy) is 2. The number of aromatic nitrogens is 3. The Morgan fingerprint density at radius 3 is 2.86 bits per heavy atom. The zero-order valence-electron chi connectivity index (χ0n) is 12.2. The minimum atomic E-state index is 0.257. The average Bonchev–Trinajstić information content (AvgIpc) is 2.93. The Morgan fingerprint density at radius 1 is 1.33 bits per heavy atom. The van der Waals surface area contributed by atoms with Crippen LogP contribution in [0.25, 0.3) is 0 Å². The van der Waals surface area contributed by atoms with Crippen molar-refractivity contribution in [2.24, 2.45) is 0 Å². The van der Waals surface area contributed by atoms with E-state index in [0.717, 1.165) is 25.1 Å². The van der Waals surface area contributed by atoms with Crippen LogP contribution in [0.15, 0.2) is 24.3 Å². The number of aryl methyl sites for hydroxylation is 1. The Labute approximate surface area is 123 Å². The number of methoxy groups -OCH3 is 1. The summed E-state index contributed by atoms with van der Waals surface area (Å²) >= 11 is 0. The fourth-order valence-corrected chi connectivity index (χ4v) is 1.89. The first-order chi connectivity index (χ1) is 10.3. The van der Waals surface area contributed by atoms with Crippen LogP contribution < -0.4 is 9.47 Å². The predicted octanol–water partition coefficient (Wildman–Crippen LogP) is 2.54. The molecule has 2 aromatic rings. The third-order valence-electron chi connectivity index (χ3n) is 3.08. The molecule has 0 aliphatic rings. The third-order valence-corrected chi connectivity index (χ3v) is 3.08. The first-order valence-electron chi connectivity index (χ1n) is 6.87. The lowest BCUT2D eigenvalue weighted by atomic mass is 10.3. The van der Waals surface area contributed by atoms with E-state index in [9.17, 15) is 0 Å². The highest BCUT2D eigenvalue weighted by Gasteiger charge is 2.13. The molecule has 0 saturated carbocycles. The molecule has 6 nitrogen and oxygen atoms in total. The molecule has 0 spiro atoms. The summed E-state index contributed by atoms with van der Waals surface area (Å²) < 4.78 is 12.6. The first kappa shape index (κ1) is 14.9. The van der Waals surface area contributed by atoms with Crippen LogP contribution >= 0.6 is 0 Å². The molecular weight excluding hydrogens is 268 g/mol. The molecule has 0 unspecified atom stereocenters. The normalized spacial score (nSPS) is 10.1. The number of nitrogens with zero attached hydrogens (tertiary/aromatic N) is 4. The van der Waals surface area contributed by atoms with Crippen LogP contribution in [0, 0.1) is 11.3 Å². The van der Waals surface area contributed by atoms with Gasteiger partial charge in [0, 0.05) is 12.6 Å². The lowest BCUT2D eigenvalue weighted by Gasteiger charge is -2.09. The van der Waals surface area contributed by atoms with Crippen LogP contribution in [-0.4, -0.2) is 22.1 Å². The van der Waals surface area contributed by atoms with E-state index in [-0.39, 0.29) is 6.61 Å². The van der Waals surface area contributed by atoms with Gasteiger partial charge in [0.05, 0.1) is 7.11 Å². The monoisotopic (exact) mass is 286 g/mol. The summed E-state index contributed by atoms with van der Waals surface area (Å²) in [6.45, 7) is 3.10. The zero-order valence-corrected chi connectivity index (χ0v) is 12.2. The van der Waals surface area contributed by atoms with Crippen LogP contribution in [0.4, 0.5) is 0 Å². The second-order valence-electron chi connectivity index (χ2n) is 4.54. The van der Waals surface area contributed by atoms with Gasteiger partial charge in [-0.2, -0.15) is 5.26 Å². The van der Waals surface area contributed by atoms with Gasteiger partial charge in [-0.05, 0) is 18.6 Å². The van der Waals surface area contributed by atoms with E-state index in [1.54, 1.807) is 17.9 Å². The number of unbranched alkanes of at least 4 members (excludes halogenated alkanes) is 1. The molecule has 0 saturated heterocycles. The SMILES string of the molecule is CCCCn1nnc(C#N)c1COc1cccc(OC)c1. The lowest BCUT2D eigenvalue weighted by molar-refractivity contribution is 0.288. The topological polar surface area (TPSA) is 73.0 Å². The van der Waals surface area contributed by atoms with Crippen molar-refractivity contribution in [2.75, 3.05) is 7.11 Å². The summed E-state index contributed by atoms with van der Waals surface area (Å²) in [5.74, 6) is 1.41. The van der Waals surface area contributed by atoms with E-state index >= 15 is 0 Å². The summed E-state index contributed by atoms with van der Waals surface area (Å²) in [5, 5.41) is 17.0. The van der Waals surface area contributed by atoms with E-state index in [4.69, 9.17) is 14.7 Å². The van der Waals surface area contributed by atoms with Gasteiger partial charge in [-0.3, -0.25) is 0 Å². The summed E-state index contributed by atoms with van der Waals surface area (Å²) in [5.41, 5.74) is 1.02. The van der Waals surface area contributed by atoms with Gasteiger partial charge in [0.25, 0.3) is 0 Å². The Hall–Kier alpha value is -2.55. The maximum atomic E-state index is 9.10. The molecule has 1 heterocycles. The minimum absolute atomic E-state index is 0.257. The van der Waals surface area contributed by atoms with Gasteiger partial charge in [-0.15, -0.1) is 5.10 Å². The zero-order chi connectivity index (χ0) is 15.1. The lowest BCUT2D eigenvalue weighted by Crippen LogP contribution is -2.09. The average molecular weight is 286 g/mol. The van der Waals surface area contributed by atoms with Gasteiger partial charge in [-0.1, -0.05) is 24.6 Å². The smallest absolute Gasteiger partial charge is 0.189 e. The second kappa shape index (κ2) is 7.29. The third kappa shape index (κ3) is 3.72. The highest BCUT2D eigenvalue weighted by atomic mass is 16.5. The van der Waals surface area contributed by atoms with Crippen LogP contribution in [0.2, 0.25) is 0 Å². The van der Waals surface area contributed by atoms with Crippen LogP contribution in [-0.2, 0) is 13.2 Å². The van der Waals surface area contributed by atoms with Gasteiger partial charge in [0.1, 0.15) is 29.9 Å². The maximum absolute atomic E-state index is 9.10. The summed E-state index contributed by atoms with van der Waals surface area (Å²) in [4.78, 5) is 0. The molecule has 0 radical (unpaired) electrons. The Kier molecular flexibility index (Phi) is 5.16. The number of hydrogen-bond acceptors (Lipinski definition) is 5. The van der Waals surface area contributed by atoms with Crippen molar-refractivity contribution in [3.63, 3.8) is 0 Å². The summed E-state index contributed by atoms with van der Waals surface area (Å²) in [6.07, 6.45) is 2.04. The highest BCUT2D eigenvalue weighted by molar-refractivity contribution is 5.33. The number of nitriles is 1. The van der Waals surface area contributed by atoms with Crippen molar-refractivity contribution in [1.82, 2.24) is 15.0 Å². The van der Waals surface area contributed by atoms with E-state index in [1.165, 1.54) is 0 Å². The fourth-order valence-electron chi connectivity index (χ4n) is 1.89. The van der Waals surface area contributed by atoms with Gasteiger partial charge in [0.2, 0.25) is 0 Å². The molecule has 1 aromatic heterocycles. The van der Waals surface area contributed by atoms with E-state index in [0.29, 0.717) is 17.1 Å². The number of rotatable bonds is 7. The summed E-state index contributed by atoms with van der Waals surface area (Å²) in [6, 6.07) is 9.39. The van der Waals surface area contributed by atoms with Gasteiger partial charge >= 0.3 is 0 Å². The van der Waals surface area contributed by atoms with Crippen molar-refractivity contribution < 1.29 is 9.47 Å². The molecule has 0 fully saturated rings. The molecule has 0 amide bonds. The Balaban J connectivity index is 2.11. The molecule has 2 rings (SSSR count). The van der Waals surface area contributed by atoms with E-state index in [1.807, 2.05) is 18.2 Å². The quantitative estimate of drug-likeness (QED) is 0.782. The van der Waals surface area contributed by atoms with Gasteiger partial charge in [0.15, 0.2) is 5.69 Å². The molecule has 0 aliphatic heterocycles. The number of hydrogen-bond donors (Lipinski definition) is 0. The van der Waals surface area contributed by atoms with Gasteiger partial charge in [-0.25, -0.2) is 4.68 Å². The molecular formula is C15H18N4O2. The fraction of sp³-hybridized carbons (Fsp3) is 0.400. The van der Waals surface area contributed by atoms with Gasteiger partial charge < -0.3 is 9.47 Å². The second-order valence-corrected chi connectivity index (χ2v) is 4.54. The summed E-state index contributed by atoms with van der Waals surface area (Å²) in [7, 11) is 1.61. The molecule has 0 bridgehead atoms. The molecule has 0 aliphatic carbocycles. The molecule has 0 atom stereocenters. The van der Waals surface area contributed by atoms with Crippen molar-refractivity contribution >= 4 is 0 Å². The number of benzene rings is 1. The van der Waals surface area contributed by atoms with E-state index in [2.05, 4.69) is 23.3 Å². The van der Waals surface area contributed by atoms with Crippen molar-refractivity contribution in [3.8, 4) is 17.6 Å². The van der Waals surface area contributed by atoms with Crippen molar-refractivity contribution in [2.45, 2.75) is 32.9 Å². The van der Waals surface area contributed by atoms with Crippen molar-refractivity contribution in [3.05, 3.63) is 35.7 Å². The Morgan fingerprint density at radius 2 is 2.14 bits per heavy atom. The maximum Gasteiger partial charge on any atom is 0.189 e. The standard InChI is InChI=1S/C15H18N4O2/c1-3-4-8-19-15(14(10-16)17-18-19)11-21-13-7-5-6-12(9-13)20-2/h5-7,9H,3-4,8,11H2,1-2H3. The molecule has 6 heteroatoms. The highest BCUT2D eigenvalue weighted by Crippen LogP contribution is 2.20. The van der Waals surface area contributed by atoms with Crippen LogP contribution in [0.3, 0.4) is 0 Å². The van der Waals surface area contributed by atoms with E-state index < -0.39 is 0 Å². The van der Waals surface area contributed by atoms with Crippen molar-refractivity contribution in [1.29, 1.82) is 5.26 Å². The predicted molar refractivity (Wildman–Crippen MR) is 77.0 cm³/mol.